The summed E-state index contributed by atoms with van der Waals surface area (Å²) in [6.45, 7) is 0. The zero-order valence-electron chi connectivity index (χ0n) is 19.5. The van der Waals surface area contributed by atoms with Crippen molar-refractivity contribution in [2.24, 2.45) is 5.92 Å². The highest BCUT2D eigenvalue weighted by Crippen LogP contribution is 2.48. The molecule has 2 heterocycles. The smallest absolute Gasteiger partial charge is 0.307 e. The van der Waals surface area contributed by atoms with Gasteiger partial charge in [0.1, 0.15) is 22.8 Å². The molecule has 186 valence electrons. The largest absolute Gasteiger partial charge is 0.481 e. The quantitative estimate of drug-likeness (QED) is 0.349. The molecule has 37 heavy (non-hydrogen) atoms. The number of hydrogen-bond acceptors (Lipinski definition) is 5. The maximum absolute atomic E-state index is 14.9. The third-order valence-corrected chi connectivity index (χ3v) is 7.04. The standard InChI is InChI=1S/C28H22FN3O5/c29-23-12-16(6-7-18(23)20-13-21(20)27(35)36)15-3-1-4-17(11-15)32-14-22(26(34)31-28(37)8-9-28)24(33)19-5-2-10-30-25(19)32/h1-7,10-12,14,20-21,37H,8-9,13H2,(H,31,34)(H,35,36). The fourth-order valence-corrected chi connectivity index (χ4v) is 4.70. The van der Waals surface area contributed by atoms with E-state index in [4.69, 9.17) is 5.11 Å². The maximum atomic E-state index is 14.9. The first-order valence-corrected chi connectivity index (χ1v) is 11.9. The number of aliphatic carboxylic acids is 1. The van der Waals surface area contributed by atoms with Crippen molar-refractivity contribution in [2.75, 3.05) is 0 Å². The second-order valence-corrected chi connectivity index (χ2v) is 9.68. The number of aliphatic hydroxyl groups is 1. The van der Waals surface area contributed by atoms with Crippen LogP contribution in [0.5, 0.6) is 0 Å². The summed E-state index contributed by atoms with van der Waals surface area (Å²) in [7, 11) is 0. The lowest BCUT2D eigenvalue weighted by atomic mass is 10.0. The van der Waals surface area contributed by atoms with Crippen molar-refractivity contribution >= 4 is 22.9 Å². The number of pyridine rings is 2. The van der Waals surface area contributed by atoms with Crippen LogP contribution in [0.3, 0.4) is 0 Å². The van der Waals surface area contributed by atoms with E-state index in [9.17, 15) is 23.9 Å². The van der Waals surface area contributed by atoms with E-state index >= 15 is 0 Å². The Hall–Kier alpha value is -4.37. The Morgan fingerprint density at radius 3 is 2.57 bits per heavy atom. The number of halogens is 1. The van der Waals surface area contributed by atoms with Crippen LogP contribution in [0.4, 0.5) is 4.39 Å². The second-order valence-electron chi connectivity index (χ2n) is 9.68. The molecule has 0 bridgehead atoms. The van der Waals surface area contributed by atoms with E-state index in [1.54, 1.807) is 53.2 Å². The number of carbonyl (C=O) groups excluding carboxylic acids is 1. The van der Waals surface area contributed by atoms with Gasteiger partial charge in [-0.3, -0.25) is 14.4 Å². The van der Waals surface area contributed by atoms with Gasteiger partial charge in [0, 0.05) is 24.0 Å². The molecule has 0 spiro atoms. The third-order valence-electron chi connectivity index (χ3n) is 7.04. The lowest BCUT2D eigenvalue weighted by Gasteiger charge is -2.15. The van der Waals surface area contributed by atoms with Crippen molar-refractivity contribution in [3.05, 3.63) is 94.2 Å². The number of hydrogen-bond donors (Lipinski definition) is 3. The summed E-state index contributed by atoms with van der Waals surface area (Å²) < 4.78 is 16.5. The first kappa shape index (κ1) is 23.1. The molecule has 0 radical (unpaired) electrons. The van der Waals surface area contributed by atoms with Gasteiger partial charge >= 0.3 is 5.97 Å². The maximum Gasteiger partial charge on any atom is 0.307 e. The molecule has 0 aliphatic heterocycles. The number of benzene rings is 2. The van der Waals surface area contributed by atoms with Gasteiger partial charge in [-0.05, 0) is 66.3 Å². The van der Waals surface area contributed by atoms with Crippen LogP contribution >= 0.6 is 0 Å². The first-order valence-electron chi connectivity index (χ1n) is 11.9. The molecule has 2 aromatic carbocycles. The number of nitrogens with zero attached hydrogens (tertiary/aromatic N) is 2. The van der Waals surface area contributed by atoms with Crippen LogP contribution < -0.4 is 10.7 Å². The lowest BCUT2D eigenvalue weighted by molar-refractivity contribution is -0.138. The summed E-state index contributed by atoms with van der Waals surface area (Å²) in [6, 6.07) is 15.1. The fraction of sp³-hybridized carbons (Fsp3) is 0.214. The van der Waals surface area contributed by atoms with Gasteiger partial charge in [-0.25, -0.2) is 9.37 Å². The summed E-state index contributed by atoms with van der Waals surface area (Å²) >= 11 is 0. The monoisotopic (exact) mass is 499 g/mol. The topological polar surface area (TPSA) is 122 Å². The molecule has 2 aromatic heterocycles. The number of nitrogens with one attached hydrogen (secondary N) is 1. The third kappa shape index (κ3) is 4.17. The van der Waals surface area contributed by atoms with Crippen molar-refractivity contribution in [3.63, 3.8) is 0 Å². The minimum absolute atomic E-state index is 0.126. The Labute approximate surface area is 210 Å². The Bertz CT molecular complexity index is 1660. The van der Waals surface area contributed by atoms with Crippen LogP contribution in [0, 0.1) is 11.7 Å². The first-order chi connectivity index (χ1) is 17.7. The van der Waals surface area contributed by atoms with Gasteiger partial charge < -0.3 is 20.1 Å². The fourth-order valence-electron chi connectivity index (χ4n) is 4.70. The zero-order chi connectivity index (χ0) is 25.9. The molecule has 8 nitrogen and oxygen atoms in total. The van der Waals surface area contributed by atoms with Crippen LogP contribution in [0.2, 0.25) is 0 Å². The summed E-state index contributed by atoms with van der Waals surface area (Å²) in [6.07, 6.45) is 4.24. The van der Waals surface area contributed by atoms with E-state index in [0.717, 1.165) is 0 Å². The minimum atomic E-state index is -1.28. The highest BCUT2D eigenvalue weighted by Gasteiger charge is 2.45. The van der Waals surface area contributed by atoms with E-state index in [1.165, 1.54) is 12.3 Å². The van der Waals surface area contributed by atoms with E-state index in [0.29, 0.717) is 47.3 Å². The van der Waals surface area contributed by atoms with E-state index < -0.39 is 34.8 Å². The van der Waals surface area contributed by atoms with Crippen LogP contribution in [0.15, 0.2) is 71.8 Å². The van der Waals surface area contributed by atoms with Gasteiger partial charge in [0.25, 0.3) is 5.91 Å². The predicted molar refractivity (Wildman–Crippen MR) is 133 cm³/mol. The molecular weight excluding hydrogens is 477 g/mol. The van der Waals surface area contributed by atoms with Crippen LogP contribution in [-0.2, 0) is 4.79 Å². The van der Waals surface area contributed by atoms with E-state index in [2.05, 4.69) is 10.3 Å². The van der Waals surface area contributed by atoms with Gasteiger partial charge in [0.05, 0.1) is 11.3 Å². The summed E-state index contributed by atoms with van der Waals surface area (Å²) in [5.74, 6) is -2.89. The molecule has 2 aliphatic carbocycles. The van der Waals surface area contributed by atoms with Gasteiger partial charge in [-0.2, -0.15) is 0 Å². The number of carbonyl (C=O) groups is 2. The molecule has 0 saturated heterocycles. The molecule has 2 unspecified atom stereocenters. The molecule has 2 fully saturated rings. The summed E-state index contributed by atoms with van der Waals surface area (Å²) in [4.78, 5) is 41.5. The van der Waals surface area contributed by atoms with E-state index in [-0.39, 0.29) is 16.9 Å². The number of amides is 1. The van der Waals surface area contributed by atoms with Crippen LogP contribution in [-0.4, -0.2) is 37.4 Å². The molecule has 1 amide bonds. The molecule has 6 rings (SSSR count). The second kappa shape index (κ2) is 8.35. The van der Waals surface area contributed by atoms with Crippen LogP contribution in [0.25, 0.3) is 27.8 Å². The number of carboxylic acids is 1. The molecule has 9 heteroatoms. The van der Waals surface area contributed by atoms with Gasteiger partial charge in [0.2, 0.25) is 5.43 Å². The molecule has 2 saturated carbocycles. The highest BCUT2D eigenvalue weighted by molar-refractivity contribution is 5.97. The van der Waals surface area contributed by atoms with Gasteiger partial charge in [-0.15, -0.1) is 0 Å². The van der Waals surface area contributed by atoms with Crippen molar-refractivity contribution in [1.82, 2.24) is 14.9 Å². The zero-order valence-corrected chi connectivity index (χ0v) is 19.5. The van der Waals surface area contributed by atoms with E-state index in [1.807, 2.05) is 6.07 Å². The molecule has 3 N–H and O–H groups in total. The Morgan fingerprint density at radius 1 is 1.08 bits per heavy atom. The highest BCUT2D eigenvalue weighted by atomic mass is 19.1. The normalized spacial score (nSPS) is 19.4. The number of carboxylic acid groups (broad SMARTS) is 1. The predicted octanol–water partition coefficient (Wildman–Crippen LogP) is 3.59. The average molecular weight is 499 g/mol. The molecule has 2 atom stereocenters. The van der Waals surface area contributed by atoms with Crippen LogP contribution in [0.1, 0.15) is 41.1 Å². The number of fused-ring (bicyclic) bond motifs is 1. The minimum Gasteiger partial charge on any atom is -0.481 e. The Morgan fingerprint density at radius 2 is 1.86 bits per heavy atom. The Balaban J connectivity index is 1.41. The van der Waals surface area contributed by atoms with Crippen molar-refractivity contribution in [1.29, 1.82) is 0 Å². The summed E-state index contributed by atoms with van der Waals surface area (Å²) in [5, 5.41) is 22.0. The Kier molecular flexibility index (Phi) is 5.20. The molecular formula is C28H22FN3O5. The molecule has 4 aromatic rings. The average Bonchev–Trinajstić information content (AvgIpc) is 3.81. The number of aromatic nitrogens is 2. The number of rotatable bonds is 6. The van der Waals surface area contributed by atoms with Crippen molar-refractivity contribution < 1.29 is 24.2 Å². The van der Waals surface area contributed by atoms with Gasteiger partial charge in [0.15, 0.2) is 0 Å². The van der Waals surface area contributed by atoms with Gasteiger partial charge in [-0.1, -0.05) is 24.3 Å². The summed E-state index contributed by atoms with van der Waals surface area (Å²) in [5.41, 5.74) is 0.737. The van der Waals surface area contributed by atoms with Crippen molar-refractivity contribution in [3.8, 4) is 16.8 Å². The molecule has 2 aliphatic rings. The van der Waals surface area contributed by atoms with Crippen molar-refractivity contribution in [2.45, 2.75) is 30.9 Å². The SMILES string of the molecule is O=C(NC1(O)CC1)c1cn(-c2cccc(-c3ccc(C4CC4C(=O)O)c(F)c3)c2)c2ncccc2c1=O. The lowest BCUT2D eigenvalue weighted by Crippen LogP contribution is -2.39.